The molecular formula is C22H30N2O4. The smallest absolute Gasteiger partial charge is 0.410 e. The van der Waals surface area contributed by atoms with Gasteiger partial charge in [-0.1, -0.05) is 0 Å². The Morgan fingerprint density at radius 1 is 1.14 bits per heavy atom. The van der Waals surface area contributed by atoms with Crippen LogP contribution in [0, 0.1) is 6.92 Å². The van der Waals surface area contributed by atoms with Gasteiger partial charge in [-0.3, -0.25) is 4.79 Å². The number of fused-ring (bicyclic) bond motifs is 1. The molecule has 0 spiro atoms. The van der Waals surface area contributed by atoms with Crippen LogP contribution in [0.25, 0.3) is 10.9 Å². The fourth-order valence-electron chi connectivity index (χ4n) is 3.83. The highest BCUT2D eigenvalue weighted by atomic mass is 16.6. The van der Waals surface area contributed by atoms with Crippen molar-refractivity contribution in [3.63, 3.8) is 0 Å². The molecule has 28 heavy (non-hydrogen) atoms. The first-order valence-corrected chi connectivity index (χ1v) is 9.77. The Hall–Kier alpha value is -2.50. The summed E-state index contributed by atoms with van der Waals surface area (Å²) in [6.07, 6.45) is 1.46. The lowest BCUT2D eigenvalue weighted by Crippen LogP contribution is -2.41. The Kier molecular flexibility index (Phi) is 5.41. The molecule has 0 unspecified atom stereocenters. The first kappa shape index (κ1) is 20.2. The van der Waals surface area contributed by atoms with E-state index >= 15 is 0 Å². The van der Waals surface area contributed by atoms with Crippen molar-refractivity contribution >= 4 is 17.0 Å². The van der Waals surface area contributed by atoms with Crippen LogP contribution >= 0.6 is 0 Å². The van der Waals surface area contributed by atoms with E-state index in [1.165, 1.54) is 0 Å². The lowest BCUT2D eigenvalue weighted by molar-refractivity contribution is 0.0205. The van der Waals surface area contributed by atoms with E-state index in [4.69, 9.17) is 9.47 Å². The van der Waals surface area contributed by atoms with Gasteiger partial charge in [-0.2, -0.15) is 0 Å². The maximum Gasteiger partial charge on any atom is 0.410 e. The minimum Gasteiger partial charge on any atom is -0.496 e. The summed E-state index contributed by atoms with van der Waals surface area (Å²) in [4.78, 5) is 26.4. The second-order valence-electron chi connectivity index (χ2n) is 8.59. The first-order chi connectivity index (χ1) is 13.1. The van der Waals surface area contributed by atoms with Crippen LogP contribution in [0.3, 0.4) is 0 Å². The average molecular weight is 386 g/mol. The minimum absolute atomic E-state index is 0.00597. The summed E-state index contributed by atoms with van der Waals surface area (Å²) < 4.78 is 12.8. The number of ether oxygens (including phenoxy) is 2. The van der Waals surface area contributed by atoms with Crippen molar-refractivity contribution in [1.82, 2.24) is 9.47 Å². The number of aryl methyl sites for hydroxylation is 2. The van der Waals surface area contributed by atoms with Gasteiger partial charge in [-0.25, -0.2) is 4.79 Å². The summed E-state index contributed by atoms with van der Waals surface area (Å²) in [6, 6.07) is 6.05. The van der Waals surface area contributed by atoms with Gasteiger partial charge < -0.3 is 18.9 Å². The number of hydrogen-bond donors (Lipinski definition) is 0. The Morgan fingerprint density at radius 2 is 1.79 bits per heavy atom. The van der Waals surface area contributed by atoms with Crippen molar-refractivity contribution in [3.05, 3.63) is 39.7 Å². The SMILES string of the molecule is COc1cc(C2CCN(C(=O)OC(C)(C)C)CC2)cc2c1cc(C)c(=O)n2C. The molecule has 0 N–H and O–H groups in total. The van der Waals surface area contributed by atoms with E-state index in [-0.39, 0.29) is 11.7 Å². The number of nitrogens with zero attached hydrogens (tertiary/aromatic N) is 2. The van der Waals surface area contributed by atoms with Crippen molar-refractivity contribution in [2.45, 2.75) is 52.1 Å². The number of piperidine rings is 1. The van der Waals surface area contributed by atoms with Gasteiger partial charge in [0.1, 0.15) is 11.4 Å². The number of pyridine rings is 1. The average Bonchev–Trinajstić information content (AvgIpc) is 2.64. The van der Waals surface area contributed by atoms with E-state index < -0.39 is 5.60 Å². The monoisotopic (exact) mass is 386 g/mol. The predicted octanol–water partition coefficient (Wildman–Crippen LogP) is 3.97. The zero-order chi connectivity index (χ0) is 20.6. The lowest BCUT2D eigenvalue weighted by atomic mass is 9.88. The Balaban J connectivity index is 1.85. The highest BCUT2D eigenvalue weighted by Gasteiger charge is 2.28. The Labute approximate surface area is 166 Å². The quantitative estimate of drug-likeness (QED) is 0.784. The van der Waals surface area contributed by atoms with Crippen molar-refractivity contribution in [2.75, 3.05) is 20.2 Å². The molecule has 1 amide bonds. The van der Waals surface area contributed by atoms with Gasteiger partial charge in [0.15, 0.2) is 0 Å². The van der Waals surface area contributed by atoms with Crippen LogP contribution < -0.4 is 10.3 Å². The first-order valence-electron chi connectivity index (χ1n) is 9.77. The summed E-state index contributed by atoms with van der Waals surface area (Å²) in [5.41, 5.74) is 2.24. The molecule has 1 aromatic heterocycles. The van der Waals surface area contributed by atoms with E-state index in [9.17, 15) is 9.59 Å². The highest BCUT2D eigenvalue weighted by molar-refractivity contribution is 5.87. The molecule has 1 aliphatic heterocycles. The van der Waals surface area contributed by atoms with Gasteiger partial charge in [0.2, 0.25) is 0 Å². The molecule has 6 nitrogen and oxygen atoms in total. The normalized spacial score (nSPS) is 15.7. The molecule has 2 heterocycles. The second kappa shape index (κ2) is 7.49. The van der Waals surface area contributed by atoms with Crippen LogP contribution in [0.15, 0.2) is 23.0 Å². The molecule has 2 aromatic rings. The number of carbonyl (C=O) groups excluding carboxylic acids is 1. The zero-order valence-electron chi connectivity index (χ0n) is 17.7. The summed E-state index contributed by atoms with van der Waals surface area (Å²) in [5.74, 6) is 1.09. The number of benzene rings is 1. The number of likely N-dealkylation sites (tertiary alicyclic amines) is 1. The van der Waals surface area contributed by atoms with Crippen molar-refractivity contribution in [1.29, 1.82) is 0 Å². The summed E-state index contributed by atoms with van der Waals surface area (Å²) in [6.45, 7) is 8.78. The zero-order valence-corrected chi connectivity index (χ0v) is 17.7. The number of aromatic nitrogens is 1. The van der Waals surface area contributed by atoms with E-state index in [0.29, 0.717) is 24.6 Å². The predicted molar refractivity (Wildman–Crippen MR) is 110 cm³/mol. The second-order valence-corrected chi connectivity index (χ2v) is 8.59. The number of hydrogen-bond acceptors (Lipinski definition) is 4. The molecular weight excluding hydrogens is 356 g/mol. The molecule has 1 fully saturated rings. The minimum atomic E-state index is -0.484. The number of amides is 1. The van der Waals surface area contributed by atoms with E-state index in [1.807, 2.05) is 33.8 Å². The van der Waals surface area contributed by atoms with Crippen molar-refractivity contribution < 1.29 is 14.3 Å². The van der Waals surface area contributed by atoms with Gasteiger partial charge in [0, 0.05) is 31.1 Å². The number of methoxy groups -OCH3 is 1. The fraction of sp³-hybridized carbons (Fsp3) is 0.545. The molecule has 0 radical (unpaired) electrons. The van der Waals surface area contributed by atoms with Gasteiger partial charge in [-0.15, -0.1) is 0 Å². The highest BCUT2D eigenvalue weighted by Crippen LogP contribution is 2.35. The molecule has 3 rings (SSSR count). The van der Waals surface area contributed by atoms with E-state index in [2.05, 4.69) is 12.1 Å². The summed E-state index contributed by atoms with van der Waals surface area (Å²) >= 11 is 0. The van der Waals surface area contributed by atoms with Crippen molar-refractivity contribution in [2.24, 2.45) is 7.05 Å². The van der Waals surface area contributed by atoms with Gasteiger partial charge >= 0.3 is 6.09 Å². The summed E-state index contributed by atoms with van der Waals surface area (Å²) in [5, 5.41) is 0.942. The lowest BCUT2D eigenvalue weighted by Gasteiger charge is -2.33. The largest absolute Gasteiger partial charge is 0.496 e. The molecule has 1 aliphatic rings. The molecule has 0 bridgehead atoms. The van der Waals surface area contributed by atoms with Crippen LogP contribution in [0.2, 0.25) is 0 Å². The number of rotatable bonds is 2. The topological polar surface area (TPSA) is 60.8 Å². The van der Waals surface area contributed by atoms with Crippen molar-refractivity contribution in [3.8, 4) is 5.75 Å². The number of carbonyl (C=O) groups is 1. The fourth-order valence-corrected chi connectivity index (χ4v) is 3.83. The third-order valence-corrected chi connectivity index (χ3v) is 5.34. The molecule has 0 saturated carbocycles. The maximum atomic E-state index is 12.4. The third-order valence-electron chi connectivity index (χ3n) is 5.34. The molecule has 1 saturated heterocycles. The standard InChI is InChI=1S/C22H30N2O4/c1-14-11-17-18(23(5)20(14)25)12-16(13-19(17)27-6)15-7-9-24(10-8-15)21(26)28-22(2,3)4/h11-13,15H,7-10H2,1-6H3. The Bertz CT molecular complexity index is 948. The summed E-state index contributed by atoms with van der Waals surface area (Å²) in [7, 11) is 3.45. The molecule has 6 heteroatoms. The molecule has 1 aromatic carbocycles. The van der Waals surface area contributed by atoms with Crippen LogP contribution in [-0.4, -0.2) is 41.4 Å². The Morgan fingerprint density at radius 3 is 2.36 bits per heavy atom. The van der Waals surface area contributed by atoms with Crippen LogP contribution in [0.1, 0.15) is 50.7 Å². The molecule has 0 aliphatic carbocycles. The van der Waals surface area contributed by atoms with E-state index in [1.54, 1.807) is 23.6 Å². The van der Waals surface area contributed by atoms with Gasteiger partial charge in [0.05, 0.1) is 12.6 Å². The van der Waals surface area contributed by atoms with Crippen LogP contribution in [0.4, 0.5) is 4.79 Å². The van der Waals surface area contributed by atoms with E-state index in [0.717, 1.165) is 35.1 Å². The molecule has 0 atom stereocenters. The van der Waals surface area contributed by atoms with Crippen LogP contribution in [-0.2, 0) is 11.8 Å². The third kappa shape index (κ3) is 4.01. The van der Waals surface area contributed by atoms with Crippen LogP contribution in [0.5, 0.6) is 5.75 Å². The maximum absolute atomic E-state index is 12.4. The van der Waals surface area contributed by atoms with Gasteiger partial charge in [-0.05, 0) is 70.2 Å². The molecule has 152 valence electrons. The van der Waals surface area contributed by atoms with Gasteiger partial charge in [0.25, 0.3) is 5.56 Å².